The molecule has 0 saturated carbocycles. The normalized spacial score (nSPS) is 10.8. The van der Waals surface area contributed by atoms with Gasteiger partial charge in [-0.15, -0.1) is 0 Å². The largest absolute Gasteiger partial charge is 0.384 e. The second-order valence-electron chi connectivity index (χ2n) is 1.70. The van der Waals surface area contributed by atoms with E-state index in [0.717, 1.165) is 14.0 Å². The van der Waals surface area contributed by atoms with E-state index in [2.05, 4.69) is 11.6 Å². The van der Waals surface area contributed by atoms with Crippen LogP contribution in [0.4, 0.5) is 5.82 Å². The summed E-state index contributed by atoms with van der Waals surface area (Å²) in [7, 11) is 0.735. The lowest BCUT2D eigenvalue weighted by Crippen LogP contribution is -2.02. The van der Waals surface area contributed by atoms with Crippen LogP contribution in [-0.2, 0) is 0 Å². The zero-order valence-electron chi connectivity index (χ0n) is 5.26. The van der Waals surface area contributed by atoms with Gasteiger partial charge < -0.3 is 5.73 Å². The number of anilines is 1. The Morgan fingerprint density at radius 2 is 2.33 bits per heavy atom. The molecule has 0 spiro atoms. The van der Waals surface area contributed by atoms with Gasteiger partial charge in [-0.3, -0.25) is 0 Å². The SMILES string of the molecule is CPc1cccc(N)n1. The molecule has 3 heteroatoms. The van der Waals surface area contributed by atoms with Crippen LogP contribution in [0.15, 0.2) is 18.2 Å². The summed E-state index contributed by atoms with van der Waals surface area (Å²) in [5.74, 6) is 0.613. The predicted molar refractivity (Wildman–Crippen MR) is 42.5 cm³/mol. The summed E-state index contributed by atoms with van der Waals surface area (Å²) in [6.07, 6.45) is 0. The van der Waals surface area contributed by atoms with Crippen molar-refractivity contribution in [2.24, 2.45) is 0 Å². The van der Waals surface area contributed by atoms with E-state index in [1.54, 1.807) is 6.07 Å². The van der Waals surface area contributed by atoms with Crippen LogP contribution in [0, 0.1) is 0 Å². The average molecular weight is 140 g/mol. The van der Waals surface area contributed by atoms with Gasteiger partial charge in [0, 0.05) is 0 Å². The van der Waals surface area contributed by atoms with Gasteiger partial charge in [-0.25, -0.2) is 4.98 Å². The third-order valence-electron chi connectivity index (χ3n) is 1.03. The van der Waals surface area contributed by atoms with Crippen molar-refractivity contribution in [2.45, 2.75) is 0 Å². The van der Waals surface area contributed by atoms with E-state index < -0.39 is 0 Å². The van der Waals surface area contributed by atoms with Gasteiger partial charge in [-0.05, 0) is 18.8 Å². The van der Waals surface area contributed by atoms with E-state index in [0.29, 0.717) is 5.82 Å². The monoisotopic (exact) mass is 140 g/mol. The first-order chi connectivity index (χ1) is 4.33. The van der Waals surface area contributed by atoms with Crippen molar-refractivity contribution in [3.05, 3.63) is 18.2 Å². The van der Waals surface area contributed by atoms with Crippen LogP contribution < -0.4 is 11.2 Å². The fraction of sp³-hybridized carbons (Fsp3) is 0.167. The molecule has 1 atom stereocenters. The molecule has 48 valence electrons. The Balaban J connectivity index is 2.94. The standard InChI is InChI=1S/C6H9N2P/c1-9-6-4-2-3-5(7)8-6/h2-4,9H,1H3,(H2,7,8). The van der Waals surface area contributed by atoms with E-state index >= 15 is 0 Å². The summed E-state index contributed by atoms with van der Waals surface area (Å²) in [5.41, 5.74) is 6.51. The van der Waals surface area contributed by atoms with E-state index in [-0.39, 0.29) is 0 Å². The van der Waals surface area contributed by atoms with Gasteiger partial charge >= 0.3 is 0 Å². The fourth-order valence-electron chi connectivity index (χ4n) is 0.591. The van der Waals surface area contributed by atoms with Crippen molar-refractivity contribution < 1.29 is 0 Å². The van der Waals surface area contributed by atoms with Gasteiger partial charge in [0.15, 0.2) is 0 Å². The van der Waals surface area contributed by atoms with Crippen molar-refractivity contribution >= 4 is 19.8 Å². The number of nitrogens with two attached hydrogens (primary N) is 1. The number of rotatable bonds is 1. The first-order valence-corrected chi connectivity index (χ1v) is 4.23. The third-order valence-corrected chi connectivity index (χ3v) is 1.82. The van der Waals surface area contributed by atoms with Crippen molar-refractivity contribution in [1.82, 2.24) is 4.98 Å². The minimum absolute atomic E-state index is 0.613. The molecule has 1 unspecified atom stereocenters. The molecule has 1 rings (SSSR count). The highest BCUT2D eigenvalue weighted by Gasteiger charge is 1.87. The lowest BCUT2D eigenvalue weighted by Gasteiger charge is -1.94. The molecule has 0 fully saturated rings. The maximum atomic E-state index is 5.43. The Morgan fingerprint density at radius 1 is 1.56 bits per heavy atom. The highest BCUT2D eigenvalue weighted by Crippen LogP contribution is 2.01. The van der Waals surface area contributed by atoms with E-state index in [9.17, 15) is 0 Å². The lowest BCUT2D eigenvalue weighted by atomic mass is 10.5. The lowest BCUT2D eigenvalue weighted by molar-refractivity contribution is 1.40. The summed E-state index contributed by atoms with van der Waals surface area (Å²) in [4.78, 5) is 4.08. The molecule has 0 aliphatic heterocycles. The van der Waals surface area contributed by atoms with Crippen molar-refractivity contribution in [1.29, 1.82) is 0 Å². The third kappa shape index (κ3) is 1.65. The molecule has 0 aromatic carbocycles. The summed E-state index contributed by atoms with van der Waals surface area (Å²) in [5, 5.41) is 0. The van der Waals surface area contributed by atoms with Gasteiger partial charge in [0.05, 0.1) is 5.44 Å². The molecule has 0 aliphatic rings. The Kier molecular flexibility index (Phi) is 2.01. The Labute approximate surface area is 56.3 Å². The molecule has 0 amide bonds. The van der Waals surface area contributed by atoms with Crippen LogP contribution in [0.2, 0.25) is 0 Å². The van der Waals surface area contributed by atoms with Crippen molar-refractivity contribution in [3.63, 3.8) is 0 Å². The van der Waals surface area contributed by atoms with Gasteiger partial charge in [-0.2, -0.15) is 0 Å². The van der Waals surface area contributed by atoms with Crippen LogP contribution in [0.25, 0.3) is 0 Å². The second-order valence-corrected chi connectivity index (χ2v) is 2.71. The number of aromatic nitrogens is 1. The zero-order chi connectivity index (χ0) is 6.69. The Bertz CT molecular complexity index is 200. The average Bonchev–Trinajstić information content (AvgIpc) is 1.88. The number of nitrogens with zero attached hydrogens (tertiary/aromatic N) is 1. The molecule has 0 saturated heterocycles. The van der Waals surface area contributed by atoms with Crippen LogP contribution in [0.1, 0.15) is 0 Å². The van der Waals surface area contributed by atoms with E-state index in [1.807, 2.05) is 12.1 Å². The molecular weight excluding hydrogens is 131 g/mol. The van der Waals surface area contributed by atoms with Gasteiger partial charge in [0.25, 0.3) is 0 Å². The van der Waals surface area contributed by atoms with Crippen LogP contribution >= 0.6 is 8.58 Å². The molecular formula is C6H9N2P. The van der Waals surface area contributed by atoms with E-state index in [4.69, 9.17) is 5.73 Å². The number of hydrogen-bond acceptors (Lipinski definition) is 2. The maximum Gasteiger partial charge on any atom is 0.124 e. The molecule has 1 aromatic heterocycles. The zero-order valence-corrected chi connectivity index (χ0v) is 6.26. The molecule has 9 heavy (non-hydrogen) atoms. The van der Waals surface area contributed by atoms with Crippen molar-refractivity contribution in [3.8, 4) is 0 Å². The fourth-order valence-corrected chi connectivity index (χ4v) is 1.09. The molecule has 2 nitrogen and oxygen atoms in total. The molecule has 1 aromatic rings. The molecule has 2 N–H and O–H groups in total. The first kappa shape index (κ1) is 6.50. The molecule has 0 aliphatic carbocycles. The predicted octanol–water partition coefficient (Wildman–Crippen LogP) is 0.597. The van der Waals surface area contributed by atoms with E-state index in [1.165, 1.54) is 0 Å². The minimum Gasteiger partial charge on any atom is -0.384 e. The summed E-state index contributed by atoms with van der Waals surface area (Å²) < 4.78 is 0. The van der Waals surface area contributed by atoms with Crippen LogP contribution in [0.3, 0.4) is 0 Å². The smallest absolute Gasteiger partial charge is 0.124 e. The van der Waals surface area contributed by atoms with Crippen LogP contribution in [0.5, 0.6) is 0 Å². The Hall–Kier alpha value is -0.620. The number of pyridine rings is 1. The van der Waals surface area contributed by atoms with Gasteiger partial charge in [-0.1, -0.05) is 14.6 Å². The van der Waals surface area contributed by atoms with Crippen LogP contribution in [-0.4, -0.2) is 11.6 Å². The molecule has 0 bridgehead atoms. The summed E-state index contributed by atoms with van der Waals surface area (Å²) in [6, 6.07) is 5.70. The Morgan fingerprint density at radius 3 is 2.78 bits per heavy atom. The quantitative estimate of drug-likeness (QED) is 0.580. The topological polar surface area (TPSA) is 38.9 Å². The second kappa shape index (κ2) is 2.79. The first-order valence-electron chi connectivity index (χ1n) is 2.73. The number of hydrogen-bond donors (Lipinski definition) is 1. The highest BCUT2D eigenvalue weighted by atomic mass is 31.1. The maximum absolute atomic E-state index is 5.43. The summed E-state index contributed by atoms with van der Waals surface area (Å²) >= 11 is 0. The van der Waals surface area contributed by atoms with Crippen molar-refractivity contribution in [2.75, 3.05) is 12.4 Å². The molecule has 0 radical (unpaired) electrons. The molecule has 1 heterocycles. The van der Waals surface area contributed by atoms with Gasteiger partial charge in [0.2, 0.25) is 0 Å². The highest BCUT2D eigenvalue weighted by molar-refractivity contribution is 7.45. The minimum atomic E-state index is 0.613. The van der Waals surface area contributed by atoms with Gasteiger partial charge in [0.1, 0.15) is 5.82 Å². The number of nitrogen functional groups attached to an aromatic ring is 1. The summed E-state index contributed by atoms with van der Waals surface area (Å²) in [6.45, 7) is 2.09.